The Labute approximate surface area is 74.6 Å². The predicted molar refractivity (Wildman–Crippen MR) is 49.0 cm³/mol. The highest BCUT2D eigenvalue weighted by molar-refractivity contribution is 4.88. The van der Waals surface area contributed by atoms with Crippen LogP contribution in [0.1, 0.15) is 32.6 Å². The van der Waals surface area contributed by atoms with E-state index >= 15 is 0 Å². The first kappa shape index (κ1) is 8.52. The number of nitrogens with zero attached hydrogens (tertiary/aromatic N) is 1. The molecule has 1 aliphatic carbocycles. The van der Waals surface area contributed by atoms with Crippen molar-refractivity contribution in [1.29, 1.82) is 0 Å². The van der Waals surface area contributed by atoms with Gasteiger partial charge in [-0.05, 0) is 38.1 Å². The minimum absolute atomic E-state index is 0.00670. The summed E-state index contributed by atoms with van der Waals surface area (Å²) in [7, 11) is 0. The molecule has 1 saturated carbocycles. The third-order valence-corrected chi connectivity index (χ3v) is 3.29. The number of likely N-dealkylation sites (tertiary alicyclic amines) is 1. The first-order valence-electron chi connectivity index (χ1n) is 5.18. The molecule has 0 radical (unpaired) electrons. The molecular weight excluding hydrogens is 150 g/mol. The summed E-state index contributed by atoms with van der Waals surface area (Å²) in [6.07, 6.45) is 4.80. The van der Waals surface area contributed by atoms with Gasteiger partial charge in [0.25, 0.3) is 0 Å². The predicted octanol–water partition coefficient (Wildman–Crippen LogP) is 1.24. The third kappa shape index (κ3) is 1.64. The molecule has 0 aromatic rings. The first-order valence-corrected chi connectivity index (χ1v) is 5.18. The van der Waals surface area contributed by atoms with Crippen LogP contribution < -0.4 is 0 Å². The van der Waals surface area contributed by atoms with E-state index < -0.39 is 0 Å². The molecule has 2 aliphatic rings. The van der Waals surface area contributed by atoms with Crippen molar-refractivity contribution < 1.29 is 5.11 Å². The fourth-order valence-corrected chi connectivity index (χ4v) is 2.41. The third-order valence-electron chi connectivity index (χ3n) is 3.29. The smallest absolute Gasteiger partial charge is 0.0570 e. The Balaban J connectivity index is 1.80. The van der Waals surface area contributed by atoms with Crippen LogP contribution in [0, 0.1) is 5.92 Å². The fraction of sp³-hybridized carbons (Fsp3) is 1.00. The van der Waals surface area contributed by atoms with E-state index in [2.05, 4.69) is 11.8 Å². The SMILES string of the molecule is CC1CCCN(C2CC(O)C2)C1. The lowest BCUT2D eigenvalue weighted by molar-refractivity contribution is -0.0133. The Morgan fingerprint density at radius 3 is 2.67 bits per heavy atom. The number of aliphatic hydroxyl groups is 1. The Morgan fingerprint density at radius 1 is 1.33 bits per heavy atom. The molecule has 0 spiro atoms. The molecule has 2 rings (SSSR count). The van der Waals surface area contributed by atoms with Gasteiger partial charge in [-0.1, -0.05) is 6.92 Å². The number of piperidine rings is 1. The van der Waals surface area contributed by atoms with E-state index in [1.54, 1.807) is 0 Å². The van der Waals surface area contributed by atoms with E-state index in [4.69, 9.17) is 0 Å². The molecule has 0 aromatic heterocycles. The van der Waals surface area contributed by atoms with Crippen LogP contribution in [0.15, 0.2) is 0 Å². The molecule has 1 unspecified atom stereocenters. The molecule has 1 aliphatic heterocycles. The molecule has 1 N–H and O–H groups in total. The van der Waals surface area contributed by atoms with Crippen molar-refractivity contribution in [3.05, 3.63) is 0 Å². The van der Waals surface area contributed by atoms with E-state index in [0.29, 0.717) is 6.04 Å². The van der Waals surface area contributed by atoms with Gasteiger partial charge in [-0.15, -0.1) is 0 Å². The summed E-state index contributed by atoms with van der Waals surface area (Å²) in [5.74, 6) is 0.872. The van der Waals surface area contributed by atoms with Crippen LogP contribution in [0.3, 0.4) is 0 Å². The summed E-state index contributed by atoms with van der Waals surface area (Å²) in [6.45, 7) is 4.86. The topological polar surface area (TPSA) is 23.5 Å². The van der Waals surface area contributed by atoms with E-state index in [0.717, 1.165) is 18.8 Å². The number of aliphatic hydroxyl groups excluding tert-OH is 1. The van der Waals surface area contributed by atoms with Crippen LogP contribution in [0.5, 0.6) is 0 Å². The summed E-state index contributed by atoms with van der Waals surface area (Å²) in [6, 6.07) is 0.711. The average Bonchev–Trinajstić information content (AvgIpc) is 1.99. The maximum atomic E-state index is 9.19. The average molecular weight is 169 g/mol. The van der Waals surface area contributed by atoms with Crippen molar-refractivity contribution in [2.24, 2.45) is 5.92 Å². The molecule has 1 saturated heterocycles. The zero-order chi connectivity index (χ0) is 8.55. The second kappa shape index (κ2) is 3.35. The zero-order valence-corrected chi connectivity index (χ0v) is 7.87. The van der Waals surface area contributed by atoms with E-state index in [1.807, 2.05) is 0 Å². The molecule has 70 valence electrons. The summed E-state index contributed by atoms with van der Waals surface area (Å²) in [5, 5.41) is 9.19. The number of rotatable bonds is 1. The standard InChI is InChI=1S/C10H19NO/c1-8-3-2-4-11(7-8)9-5-10(12)6-9/h8-10,12H,2-7H2,1H3. The highest BCUT2D eigenvalue weighted by Crippen LogP contribution is 2.29. The molecular formula is C10H19NO. The highest BCUT2D eigenvalue weighted by atomic mass is 16.3. The molecule has 0 amide bonds. The van der Waals surface area contributed by atoms with Gasteiger partial charge in [0, 0.05) is 12.6 Å². The first-order chi connectivity index (χ1) is 5.75. The second-order valence-corrected chi connectivity index (χ2v) is 4.52. The van der Waals surface area contributed by atoms with E-state index in [1.165, 1.54) is 25.9 Å². The molecule has 0 bridgehead atoms. The maximum absolute atomic E-state index is 9.19. The van der Waals surface area contributed by atoms with Gasteiger partial charge in [-0.25, -0.2) is 0 Å². The van der Waals surface area contributed by atoms with Crippen LogP contribution in [-0.2, 0) is 0 Å². The summed E-state index contributed by atoms with van der Waals surface area (Å²) in [4.78, 5) is 2.57. The molecule has 12 heavy (non-hydrogen) atoms. The molecule has 1 atom stereocenters. The van der Waals surface area contributed by atoms with Crippen molar-refractivity contribution in [1.82, 2.24) is 4.90 Å². The molecule has 1 heterocycles. The van der Waals surface area contributed by atoms with Crippen LogP contribution >= 0.6 is 0 Å². The normalized spacial score (nSPS) is 44.0. The van der Waals surface area contributed by atoms with E-state index in [9.17, 15) is 5.11 Å². The summed E-state index contributed by atoms with van der Waals surface area (Å²) in [5.41, 5.74) is 0. The fourth-order valence-electron chi connectivity index (χ4n) is 2.41. The van der Waals surface area contributed by atoms with Gasteiger partial charge < -0.3 is 5.11 Å². The van der Waals surface area contributed by atoms with Gasteiger partial charge in [0.1, 0.15) is 0 Å². The van der Waals surface area contributed by atoms with Gasteiger partial charge in [-0.3, -0.25) is 4.90 Å². The van der Waals surface area contributed by atoms with Crippen molar-refractivity contribution in [3.63, 3.8) is 0 Å². The molecule has 2 heteroatoms. The van der Waals surface area contributed by atoms with Crippen LogP contribution in [0.4, 0.5) is 0 Å². The largest absolute Gasteiger partial charge is 0.393 e. The lowest BCUT2D eigenvalue weighted by Crippen LogP contribution is -2.50. The number of hydrogen-bond acceptors (Lipinski definition) is 2. The Morgan fingerprint density at radius 2 is 2.08 bits per heavy atom. The van der Waals surface area contributed by atoms with Crippen LogP contribution in [0.2, 0.25) is 0 Å². The minimum atomic E-state index is 0.00670. The van der Waals surface area contributed by atoms with E-state index in [-0.39, 0.29) is 6.10 Å². The van der Waals surface area contributed by atoms with Gasteiger partial charge in [0.2, 0.25) is 0 Å². The Hall–Kier alpha value is -0.0800. The maximum Gasteiger partial charge on any atom is 0.0570 e. The van der Waals surface area contributed by atoms with Gasteiger partial charge >= 0.3 is 0 Å². The summed E-state index contributed by atoms with van der Waals surface area (Å²) >= 11 is 0. The van der Waals surface area contributed by atoms with Crippen LogP contribution in [0.25, 0.3) is 0 Å². The van der Waals surface area contributed by atoms with Gasteiger partial charge in [0.05, 0.1) is 6.10 Å². The molecule has 2 fully saturated rings. The monoisotopic (exact) mass is 169 g/mol. The highest BCUT2D eigenvalue weighted by Gasteiger charge is 2.33. The van der Waals surface area contributed by atoms with Crippen molar-refractivity contribution in [2.45, 2.75) is 44.8 Å². The second-order valence-electron chi connectivity index (χ2n) is 4.52. The Kier molecular flexibility index (Phi) is 2.37. The molecule has 0 aromatic carbocycles. The van der Waals surface area contributed by atoms with Gasteiger partial charge in [-0.2, -0.15) is 0 Å². The van der Waals surface area contributed by atoms with Crippen LogP contribution in [-0.4, -0.2) is 35.2 Å². The van der Waals surface area contributed by atoms with Crippen molar-refractivity contribution in [2.75, 3.05) is 13.1 Å². The number of hydrogen-bond donors (Lipinski definition) is 1. The Bertz CT molecular complexity index is 154. The molecule has 2 nitrogen and oxygen atoms in total. The van der Waals surface area contributed by atoms with Crippen molar-refractivity contribution >= 4 is 0 Å². The van der Waals surface area contributed by atoms with Gasteiger partial charge in [0.15, 0.2) is 0 Å². The summed E-state index contributed by atoms with van der Waals surface area (Å²) < 4.78 is 0. The quantitative estimate of drug-likeness (QED) is 0.638. The lowest BCUT2D eigenvalue weighted by atomic mass is 9.86. The zero-order valence-electron chi connectivity index (χ0n) is 7.87. The lowest BCUT2D eigenvalue weighted by Gasteiger charge is -2.44. The minimum Gasteiger partial charge on any atom is -0.393 e. The van der Waals surface area contributed by atoms with Crippen molar-refractivity contribution in [3.8, 4) is 0 Å².